The van der Waals surface area contributed by atoms with Gasteiger partial charge in [-0.3, -0.25) is 0 Å². The van der Waals surface area contributed by atoms with E-state index in [1.165, 1.54) is 52.2 Å². The molecule has 7 rings (SSSR count). The van der Waals surface area contributed by atoms with Gasteiger partial charge in [-0.15, -0.1) is 0 Å². The van der Waals surface area contributed by atoms with Gasteiger partial charge in [0.05, 0.1) is 16.8 Å². The Morgan fingerprint density at radius 3 is 1.97 bits per heavy atom. The van der Waals surface area contributed by atoms with Gasteiger partial charge < -0.3 is 10.2 Å². The molecule has 3 aliphatic rings. The third-order valence-corrected chi connectivity index (χ3v) is 7.86. The molecular formula is C30H26N2. The molecule has 2 unspecified atom stereocenters. The van der Waals surface area contributed by atoms with Crippen molar-refractivity contribution in [1.29, 1.82) is 0 Å². The van der Waals surface area contributed by atoms with Crippen LogP contribution in [0.25, 0.3) is 0 Å². The molecule has 2 heterocycles. The summed E-state index contributed by atoms with van der Waals surface area (Å²) >= 11 is 0. The van der Waals surface area contributed by atoms with Gasteiger partial charge in [0.1, 0.15) is 0 Å². The summed E-state index contributed by atoms with van der Waals surface area (Å²) in [7, 11) is 0. The topological polar surface area (TPSA) is 15.3 Å². The third kappa shape index (κ3) is 2.23. The molecule has 32 heavy (non-hydrogen) atoms. The van der Waals surface area contributed by atoms with E-state index in [9.17, 15) is 0 Å². The zero-order valence-electron chi connectivity index (χ0n) is 18.0. The smallest absolute Gasteiger partial charge is 0.0654 e. The average Bonchev–Trinajstić information content (AvgIpc) is 3.16. The second kappa shape index (κ2) is 6.82. The van der Waals surface area contributed by atoms with E-state index in [0.29, 0.717) is 12.0 Å². The number of rotatable bonds is 1. The Labute approximate surface area is 189 Å². The molecule has 4 aromatic rings. The number of para-hydroxylation sites is 3. The molecule has 1 spiro atoms. The lowest BCUT2D eigenvalue weighted by molar-refractivity contribution is 0.309. The predicted octanol–water partition coefficient (Wildman–Crippen LogP) is 6.65. The van der Waals surface area contributed by atoms with Gasteiger partial charge >= 0.3 is 0 Å². The van der Waals surface area contributed by atoms with Crippen molar-refractivity contribution in [3.63, 3.8) is 0 Å². The van der Waals surface area contributed by atoms with Gasteiger partial charge in [0.2, 0.25) is 0 Å². The maximum atomic E-state index is 4.01. The molecule has 1 aliphatic carbocycles. The molecule has 2 aliphatic heterocycles. The Morgan fingerprint density at radius 1 is 0.656 bits per heavy atom. The normalized spacial score (nSPS) is 22.1. The molecule has 0 radical (unpaired) electrons. The van der Waals surface area contributed by atoms with Gasteiger partial charge in [0.25, 0.3) is 0 Å². The van der Waals surface area contributed by atoms with Crippen molar-refractivity contribution in [3.8, 4) is 0 Å². The number of piperidine rings is 1. The summed E-state index contributed by atoms with van der Waals surface area (Å²) in [5.74, 6) is 0.546. The first-order chi connectivity index (χ1) is 15.9. The third-order valence-electron chi connectivity index (χ3n) is 7.86. The van der Waals surface area contributed by atoms with E-state index in [-0.39, 0.29) is 5.41 Å². The highest BCUT2D eigenvalue weighted by Crippen LogP contribution is 2.62. The fourth-order valence-electron chi connectivity index (χ4n) is 6.78. The molecule has 4 aromatic carbocycles. The Hall–Kier alpha value is -3.36. The Bertz CT molecular complexity index is 1260. The minimum atomic E-state index is -0.180. The molecule has 2 atom stereocenters. The number of hydrogen-bond donors (Lipinski definition) is 1. The zero-order chi connectivity index (χ0) is 21.1. The first-order valence-corrected chi connectivity index (χ1v) is 11.8. The molecule has 0 saturated carbocycles. The monoisotopic (exact) mass is 414 g/mol. The van der Waals surface area contributed by atoms with Crippen LogP contribution in [0.4, 0.5) is 17.1 Å². The molecule has 1 fully saturated rings. The SMILES string of the molecule is c1ccc(N2c3ccccc3C3(c4ccccc4C4CCCNC43)c3ccccc32)cc1. The fraction of sp³-hybridized carbons (Fsp3) is 0.200. The van der Waals surface area contributed by atoms with Gasteiger partial charge in [0, 0.05) is 17.6 Å². The van der Waals surface area contributed by atoms with Crippen LogP contribution < -0.4 is 10.2 Å². The van der Waals surface area contributed by atoms with Crippen LogP contribution >= 0.6 is 0 Å². The standard InChI is InChI=1S/C30H26N2/c1-2-11-21(12-3-1)32-27-18-8-6-16-25(27)30(26-17-7-9-19-28(26)32)24-15-5-4-13-22(24)23-14-10-20-31-29(23)30/h1-9,11-13,15-19,23,29,31H,10,14,20H2. The molecule has 0 bridgehead atoms. The highest BCUT2D eigenvalue weighted by Gasteiger charge is 2.58. The van der Waals surface area contributed by atoms with Crippen LogP contribution in [0, 0.1) is 0 Å². The van der Waals surface area contributed by atoms with Gasteiger partial charge in [-0.1, -0.05) is 78.9 Å². The molecule has 0 aromatic heterocycles. The van der Waals surface area contributed by atoms with E-state index in [2.05, 4.69) is 113 Å². The van der Waals surface area contributed by atoms with Crippen molar-refractivity contribution in [2.75, 3.05) is 11.4 Å². The van der Waals surface area contributed by atoms with E-state index in [1.807, 2.05) is 0 Å². The summed E-state index contributed by atoms with van der Waals surface area (Å²) in [6.45, 7) is 1.09. The quantitative estimate of drug-likeness (QED) is 0.375. The van der Waals surface area contributed by atoms with E-state index < -0.39 is 0 Å². The fourth-order valence-corrected chi connectivity index (χ4v) is 6.78. The maximum Gasteiger partial charge on any atom is 0.0654 e. The van der Waals surface area contributed by atoms with E-state index in [4.69, 9.17) is 0 Å². The van der Waals surface area contributed by atoms with Crippen molar-refractivity contribution >= 4 is 17.1 Å². The summed E-state index contributed by atoms with van der Waals surface area (Å²) in [5, 5.41) is 4.01. The summed E-state index contributed by atoms with van der Waals surface area (Å²) < 4.78 is 0. The van der Waals surface area contributed by atoms with Crippen molar-refractivity contribution in [2.24, 2.45) is 0 Å². The lowest BCUT2D eigenvalue weighted by Gasteiger charge is -2.49. The lowest BCUT2D eigenvalue weighted by Crippen LogP contribution is -2.53. The van der Waals surface area contributed by atoms with Gasteiger partial charge in [0.15, 0.2) is 0 Å². The van der Waals surface area contributed by atoms with Crippen LogP contribution in [0.3, 0.4) is 0 Å². The van der Waals surface area contributed by atoms with Crippen LogP contribution in [0.15, 0.2) is 103 Å². The number of benzene rings is 4. The Kier molecular flexibility index (Phi) is 3.88. The Balaban J connectivity index is 1.61. The molecule has 2 nitrogen and oxygen atoms in total. The van der Waals surface area contributed by atoms with Crippen molar-refractivity contribution < 1.29 is 0 Å². The first kappa shape index (κ1) is 18.2. The minimum Gasteiger partial charge on any atom is -0.312 e. The van der Waals surface area contributed by atoms with E-state index in [0.717, 1.165) is 6.54 Å². The molecular weight excluding hydrogens is 388 g/mol. The van der Waals surface area contributed by atoms with Crippen molar-refractivity contribution in [1.82, 2.24) is 5.32 Å². The summed E-state index contributed by atoms with van der Waals surface area (Å²) in [4.78, 5) is 2.45. The van der Waals surface area contributed by atoms with Crippen LogP contribution in [-0.4, -0.2) is 12.6 Å². The second-order valence-corrected chi connectivity index (χ2v) is 9.28. The van der Waals surface area contributed by atoms with Crippen molar-refractivity contribution in [2.45, 2.75) is 30.2 Å². The van der Waals surface area contributed by atoms with Gasteiger partial charge in [-0.05, 0) is 65.9 Å². The molecule has 1 saturated heterocycles. The summed E-state index contributed by atoms with van der Waals surface area (Å²) in [5.41, 5.74) is 9.45. The maximum absolute atomic E-state index is 4.01. The van der Waals surface area contributed by atoms with E-state index in [1.54, 1.807) is 0 Å². The molecule has 2 heteroatoms. The first-order valence-electron chi connectivity index (χ1n) is 11.8. The zero-order valence-corrected chi connectivity index (χ0v) is 18.0. The molecule has 156 valence electrons. The number of fused-ring (bicyclic) bond motifs is 9. The molecule has 1 N–H and O–H groups in total. The Morgan fingerprint density at radius 2 is 1.25 bits per heavy atom. The lowest BCUT2D eigenvalue weighted by atomic mass is 9.63. The second-order valence-electron chi connectivity index (χ2n) is 9.28. The summed E-state index contributed by atoms with van der Waals surface area (Å²) in [6, 6.07) is 38.5. The number of hydrogen-bond acceptors (Lipinski definition) is 2. The summed E-state index contributed by atoms with van der Waals surface area (Å²) in [6.07, 6.45) is 2.49. The minimum absolute atomic E-state index is 0.180. The van der Waals surface area contributed by atoms with Crippen LogP contribution in [-0.2, 0) is 5.41 Å². The van der Waals surface area contributed by atoms with Crippen LogP contribution in [0.2, 0.25) is 0 Å². The van der Waals surface area contributed by atoms with Crippen LogP contribution in [0.5, 0.6) is 0 Å². The van der Waals surface area contributed by atoms with E-state index >= 15 is 0 Å². The highest BCUT2D eigenvalue weighted by atomic mass is 15.2. The molecule has 0 amide bonds. The average molecular weight is 415 g/mol. The van der Waals surface area contributed by atoms with Gasteiger partial charge in [-0.25, -0.2) is 0 Å². The van der Waals surface area contributed by atoms with Crippen LogP contribution in [0.1, 0.15) is 41.0 Å². The predicted molar refractivity (Wildman–Crippen MR) is 131 cm³/mol. The number of nitrogens with zero attached hydrogens (tertiary/aromatic N) is 1. The van der Waals surface area contributed by atoms with Gasteiger partial charge in [-0.2, -0.15) is 0 Å². The number of nitrogens with one attached hydrogen (secondary N) is 1. The number of anilines is 3. The highest BCUT2D eigenvalue weighted by molar-refractivity contribution is 5.88. The largest absolute Gasteiger partial charge is 0.312 e. The van der Waals surface area contributed by atoms with Crippen molar-refractivity contribution in [3.05, 3.63) is 125 Å².